The number of fused-ring (bicyclic) bond motifs is 4. The Morgan fingerprint density at radius 2 is 1.77 bits per heavy atom. The molecule has 1 N–H and O–H groups in total. The van der Waals surface area contributed by atoms with Crippen LogP contribution in [0.3, 0.4) is 0 Å². The summed E-state index contributed by atoms with van der Waals surface area (Å²) in [6, 6.07) is 0. The molecule has 0 amide bonds. The molecule has 1 nitrogen and oxygen atoms in total. The summed E-state index contributed by atoms with van der Waals surface area (Å²) in [5.41, 5.74) is 6.46. The van der Waals surface area contributed by atoms with Gasteiger partial charge in [-0.05, 0) is 109 Å². The van der Waals surface area contributed by atoms with Crippen LogP contribution in [-0.2, 0) is 0 Å². The van der Waals surface area contributed by atoms with Gasteiger partial charge in [0.05, 0.1) is 0 Å². The van der Waals surface area contributed by atoms with Crippen molar-refractivity contribution >= 4 is 0 Å². The summed E-state index contributed by atoms with van der Waals surface area (Å²) in [4.78, 5) is 0. The highest BCUT2D eigenvalue weighted by molar-refractivity contribution is 5.49. The van der Waals surface area contributed by atoms with Crippen LogP contribution in [0.4, 0.5) is 0 Å². The predicted molar refractivity (Wildman–Crippen MR) is 128 cm³/mol. The van der Waals surface area contributed by atoms with E-state index in [1.807, 2.05) is 11.1 Å². The summed E-state index contributed by atoms with van der Waals surface area (Å²) >= 11 is 0. The highest BCUT2D eigenvalue weighted by Crippen LogP contribution is 2.64. The molecule has 0 saturated heterocycles. The molecule has 0 spiro atoms. The molecule has 1 fully saturated rings. The largest absolute Gasteiger partial charge is 0.396 e. The van der Waals surface area contributed by atoms with Crippen molar-refractivity contribution in [3.63, 3.8) is 0 Å². The quantitative estimate of drug-likeness (QED) is 0.448. The van der Waals surface area contributed by atoms with Crippen LogP contribution in [0.1, 0.15) is 112 Å². The Hall–Kier alpha value is -0.560. The van der Waals surface area contributed by atoms with Gasteiger partial charge in [-0.15, -0.1) is 0 Å². The van der Waals surface area contributed by atoms with Crippen molar-refractivity contribution in [3.8, 4) is 0 Å². The molecule has 1 heteroatoms. The lowest BCUT2D eigenvalue weighted by Gasteiger charge is -2.53. The molecule has 170 valence electrons. The van der Waals surface area contributed by atoms with E-state index in [0.29, 0.717) is 29.3 Å². The van der Waals surface area contributed by atoms with E-state index in [0.717, 1.165) is 24.2 Å². The zero-order valence-electron chi connectivity index (χ0n) is 20.6. The molecule has 0 heterocycles. The monoisotopic (exact) mass is 412 g/mol. The SMILES string of the molecule is CC(C)[C@H](CCO)CC[C@@H](C)[C@H]1CC=C2C3=C(CC[C@@]21C)[C@@]1(C)CCCCC1CC3. The number of rotatable bonds is 7. The molecule has 1 unspecified atom stereocenters. The lowest BCUT2D eigenvalue weighted by molar-refractivity contribution is 0.105. The average molecular weight is 413 g/mol. The van der Waals surface area contributed by atoms with Gasteiger partial charge in [-0.1, -0.05) is 65.5 Å². The fourth-order valence-corrected chi connectivity index (χ4v) is 8.44. The highest BCUT2D eigenvalue weighted by atomic mass is 16.3. The van der Waals surface area contributed by atoms with Crippen molar-refractivity contribution in [2.24, 2.45) is 40.4 Å². The van der Waals surface area contributed by atoms with Gasteiger partial charge < -0.3 is 5.11 Å². The third-order valence-electron chi connectivity index (χ3n) is 10.5. The second kappa shape index (κ2) is 8.76. The zero-order valence-corrected chi connectivity index (χ0v) is 20.6. The second-order valence-electron chi connectivity index (χ2n) is 12.3. The third-order valence-corrected chi connectivity index (χ3v) is 10.5. The van der Waals surface area contributed by atoms with Crippen LogP contribution in [0.5, 0.6) is 0 Å². The van der Waals surface area contributed by atoms with E-state index in [4.69, 9.17) is 0 Å². The Balaban J connectivity index is 1.50. The van der Waals surface area contributed by atoms with E-state index in [1.54, 1.807) is 5.57 Å². The number of hydrogen-bond donors (Lipinski definition) is 1. The van der Waals surface area contributed by atoms with E-state index < -0.39 is 0 Å². The fraction of sp³-hybridized carbons (Fsp3) is 0.862. The summed E-state index contributed by atoms with van der Waals surface area (Å²) in [6.07, 6.45) is 19.0. The van der Waals surface area contributed by atoms with E-state index >= 15 is 0 Å². The van der Waals surface area contributed by atoms with Crippen LogP contribution in [0.25, 0.3) is 0 Å². The van der Waals surface area contributed by atoms with Gasteiger partial charge in [-0.25, -0.2) is 0 Å². The maximum atomic E-state index is 9.46. The molecule has 0 aromatic rings. The summed E-state index contributed by atoms with van der Waals surface area (Å²) in [7, 11) is 0. The first-order valence-electron chi connectivity index (χ1n) is 13.4. The molecule has 30 heavy (non-hydrogen) atoms. The predicted octanol–water partition coefficient (Wildman–Crippen LogP) is 8.09. The number of hydrogen-bond acceptors (Lipinski definition) is 1. The molecule has 0 aliphatic heterocycles. The Bertz CT molecular complexity index is 684. The second-order valence-corrected chi connectivity index (χ2v) is 12.3. The Morgan fingerprint density at radius 3 is 2.50 bits per heavy atom. The van der Waals surface area contributed by atoms with Gasteiger partial charge in [0.15, 0.2) is 0 Å². The fourth-order valence-electron chi connectivity index (χ4n) is 8.44. The maximum Gasteiger partial charge on any atom is 0.0433 e. The van der Waals surface area contributed by atoms with Gasteiger partial charge in [0.2, 0.25) is 0 Å². The van der Waals surface area contributed by atoms with Gasteiger partial charge in [0.25, 0.3) is 0 Å². The zero-order chi connectivity index (χ0) is 21.5. The standard InChI is InChI=1S/C29H48O/c1-20(2)22(16-19-30)10-9-21(3)25-13-14-26-24-12-11-23-8-6-7-17-28(23,4)27(24)15-18-29(25,26)5/h14,20-23,25,30H,6-13,15-19H2,1-5H3/t21-,22+,23?,25-,28+,29-/m1/s1. The van der Waals surface area contributed by atoms with E-state index in [-0.39, 0.29) is 0 Å². The molecule has 4 aliphatic rings. The summed E-state index contributed by atoms with van der Waals surface area (Å²) in [6.45, 7) is 12.8. The molecule has 4 aliphatic carbocycles. The molecular weight excluding hydrogens is 364 g/mol. The van der Waals surface area contributed by atoms with Crippen LogP contribution < -0.4 is 0 Å². The van der Waals surface area contributed by atoms with Crippen LogP contribution in [-0.4, -0.2) is 11.7 Å². The van der Waals surface area contributed by atoms with Gasteiger partial charge in [-0.2, -0.15) is 0 Å². The molecule has 0 aromatic heterocycles. The van der Waals surface area contributed by atoms with Crippen molar-refractivity contribution in [2.75, 3.05) is 6.61 Å². The molecule has 0 bridgehead atoms. The summed E-state index contributed by atoms with van der Waals surface area (Å²) in [5.74, 6) is 3.94. The van der Waals surface area contributed by atoms with Gasteiger partial charge in [-0.3, -0.25) is 0 Å². The lowest BCUT2D eigenvalue weighted by Crippen LogP contribution is -2.41. The molecule has 1 saturated carbocycles. The number of aliphatic hydroxyl groups is 1. The minimum Gasteiger partial charge on any atom is -0.396 e. The van der Waals surface area contributed by atoms with Crippen molar-refractivity contribution < 1.29 is 5.11 Å². The topological polar surface area (TPSA) is 20.2 Å². The third kappa shape index (κ3) is 3.76. The smallest absolute Gasteiger partial charge is 0.0433 e. The molecular formula is C29H48O. The Labute approximate surface area is 186 Å². The first kappa shape index (κ1) is 22.6. The van der Waals surface area contributed by atoms with Gasteiger partial charge in [0, 0.05) is 6.61 Å². The lowest BCUT2D eigenvalue weighted by atomic mass is 9.52. The minimum absolute atomic E-state index is 0.348. The summed E-state index contributed by atoms with van der Waals surface area (Å²) < 4.78 is 0. The van der Waals surface area contributed by atoms with Crippen molar-refractivity contribution in [1.29, 1.82) is 0 Å². The van der Waals surface area contributed by atoms with Crippen LogP contribution in [0, 0.1) is 40.4 Å². The first-order valence-corrected chi connectivity index (χ1v) is 13.4. The number of aliphatic hydroxyl groups excluding tert-OH is 1. The van der Waals surface area contributed by atoms with Gasteiger partial charge in [0.1, 0.15) is 0 Å². The highest BCUT2D eigenvalue weighted by Gasteiger charge is 2.52. The number of allylic oxidation sites excluding steroid dienone is 4. The van der Waals surface area contributed by atoms with Crippen LogP contribution >= 0.6 is 0 Å². The molecule has 4 rings (SSSR count). The van der Waals surface area contributed by atoms with Crippen LogP contribution in [0.2, 0.25) is 0 Å². The summed E-state index contributed by atoms with van der Waals surface area (Å²) in [5, 5.41) is 9.46. The van der Waals surface area contributed by atoms with Crippen molar-refractivity contribution in [2.45, 2.75) is 112 Å². The van der Waals surface area contributed by atoms with Crippen molar-refractivity contribution in [1.82, 2.24) is 0 Å². The Morgan fingerprint density at radius 1 is 0.967 bits per heavy atom. The average Bonchev–Trinajstić information content (AvgIpc) is 3.07. The molecule has 0 radical (unpaired) electrons. The first-order chi connectivity index (χ1) is 14.3. The van der Waals surface area contributed by atoms with E-state index in [9.17, 15) is 5.11 Å². The maximum absolute atomic E-state index is 9.46. The van der Waals surface area contributed by atoms with E-state index in [2.05, 4.69) is 40.7 Å². The van der Waals surface area contributed by atoms with Crippen LogP contribution in [0.15, 0.2) is 22.8 Å². The molecule has 6 atom stereocenters. The normalized spacial score (nSPS) is 38.0. The Kier molecular flexibility index (Phi) is 6.61. The van der Waals surface area contributed by atoms with E-state index in [1.165, 1.54) is 70.6 Å². The minimum atomic E-state index is 0.348. The van der Waals surface area contributed by atoms with Crippen molar-refractivity contribution in [3.05, 3.63) is 22.8 Å². The van der Waals surface area contributed by atoms with Gasteiger partial charge >= 0.3 is 0 Å². The molecule has 0 aromatic carbocycles.